The molecular formula is C8H12N2O5. The van der Waals surface area contributed by atoms with Crippen LogP contribution in [0.2, 0.25) is 0 Å². The Morgan fingerprint density at radius 1 is 1.27 bits per heavy atom. The first kappa shape index (κ1) is 13.1. The molecule has 7 nitrogen and oxygen atoms in total. The quantitative estimate of drug-likeness (QED) is 0.402. The first-order valence-electron chi connectivity index (χ1n) is 4.11. The zero-order valence-corrected chi connectivity index (χ0v) is 7.90. The van der Waals surface area contributed by atoms with Crippen LogP contribution in [0, 0.1) is 0 Å². The van der Waals surface area contributed by atoms with Crippen LogP contribution in [0.3, 0.4) is 0 Å². The Kier molecular flexibility index (Phi) is 5.72. The summed E-state index contributed by atoms with van der Waals surface area (Å²) >= 11 is 0. The molecule has 0 aromatic carbocycles. The van der Waals surface area contributed by atoms with Crippen molar-refractivity contribution in [2.24, 2.45) is 5.73 Å². The van der Waals surface area contributed by atoms with Crippen LogP contribution in [0.1, 0.15) is 6.42 Å². The van der Waals surface area contributed by atoms with Gasteiger partial charge in [0.05, 0.1) is 12.0 Å². The summed E-state index contributed by atoms with van der Waals surface area (Å²) in [6.07, 6.45) is 0.00594. The Labute approximate surface area is 85.6 Å². The molecule has 0 spiro atoms. The Hall–Kier alpha value is -1.89. The predicted molar refractivity (Wildman–Crippen MR) is 50.0 cm³/mol. The summed E-state index contributed by atoms with van der Waals surface area (Å²) in [5.74, 6) is -3.41. The molecule has 0 aromatic heterocycles. The van der Waals surface area contributed by atoms with Crippen LogP contribution in [-0.2, 0) is 14.4 Å². The van der Waals surface area contributed by atoms with Gasteiger partial charge in [0.15, 0.2) is 0 Å². The molecule has 0 atom stereocenters. The predicted octanol–water partition coefficient (Wildman–Crippen LogP) is -1.45. The van der Waals surface area contributed by atoms with Crippen LogP contribution >= 0.6 is 0 Å². The van der Waals surface area contributed by atoms with Gasteiger partial charge >= 0.3 is 11.9 Å². The summed E-state index contributed by atoms with van der Waals surface area (Å²) in [6, 6.07) is 0. The van der Waals surface area contributed by atoms with Gasteiger partial charge in [-0.15, -0.1) is 0 Å². The van der Waals surface area contributed by atoms with Crippen molar-refractivity contribution in [2.45, 2.75) is 6.42 Å². The standard InChI is InChI=1S/C8H12N2O5/c9-1-2-10-6(11)3-5(8(14)15)4-7(12)13/h4H,1-3,9H2,(H,10,11)(H,12,13)(H,14,15). The number of nitrogens with one attached hydrogen (secondary N) is 1. The highest BCUT2D eigenvalue weighted by Gasteiger charge is 2.13. The lowest BCUT2D eigenvalue weighted by molar-refractivity contribution is -0.135. The van der Waals surface area contributed by atoms with Crippen LogP contribution < -0.4 is 11.1 Å². The molecule has 0 bridgehead atoms. The van der Waals surface area contributed by atoms with E-state index < -0.39 is 29.8 Å². The molecule has 0 aliphatic heterocycles. The van der Waals surface area contributed by atoms with E-state index in [1.807, 2.05) is 0 Å². The Morgan fingerprint density at radius 3 is 2.27 bits per heavy atom. The first-order valence-corrected chi connectivity index (χ1v) is 4.11. The number of rotatable bonds is 6. The summed E-state index contributed by atoms with van der Waals surface area (Å²) in [5.41, 5.74) is 4.63. The molecule has 0 fully saturated rings. The molecule has 7 heteroatoms. The summed E-state index contributed by atoms with van der Waals surface area (Å²) in [6.45, 7) is 0.454. The van der Waals surface area contributed by atoms with Gasteiger partial charge in [0, 0.05) is 19.2 Å². The summed E-state index contributed by atoms with van der Waals surface area (Å²) in [7, 11) is 0. The zero-order valence-electron chi connectivity index (χ0n) is 7.90. The number of carbonyl (C=O) groups excluding carboxylic acids is 1. The summed E-state index contributed by atoms with van der Waals surface area (Å²) in [4.78, 5) is 31.8. The molecule has 0 radical (unpaired) electrons. The molecule has 0 rings (SSSR count). The minimum atomic E-state index is -1.43. The van der Waals surface area contributed by atoms with E-state index in [4.69, 9.17) is 15.9 Å². The summed E-state index contributed by atoms with van der Waals surface area (Å²) < 4.78 is 0. The lowest BCUT2D eigenvalue weighted by Gasteiger charge is -2.03. The van der Waals surface area contributed by atoms with Crippen molar-refractivity contribution in [2.75, 3.05) is 13.1 Å². The number of hydrogen-bond donors (Lipinski definition) is 4. The van der Waals surface area contributed by atoms with E-state index in [0.717, 1.165) is 0 Å². The molecule has 0 saturated heterocycles. The average molecular weight is 216 g/mol. The van der Waals surface area contributed by atoms with Gasteiger partial charge in [-0.1, -0.05) is 0 Å². The van der Waals surface area contributed by atoms with E-state index in [1.165, 1.54) is 0 Å². The van der Waals surface area contributed by atoms with Gasteiger partial charge in [-0.2, -0.15) is 0 Å². The lowest BCUT2D eigenvalue weighted by atomic mass is 10.1. The first-order chi connectivity index (χ1) is 6.97. The Balaban J connectivity index is 4.37. The molecule has 0 saturated carbocycles. The van der Waals surface area contributed by atoms with Crippen molar-refractivity contribution in [1.29, 1.82) is 0 Å². The smallest absolute Gasteiger partial charge is 0.332 e. The van der Waals surface area contributed by atoms with Gasteiger partial charge in [-0.25, -0.2) is 9.59 Å². The second-order valence-electron chi connectivity index (χ2n) is 2.63. The molecule has 5 N–H and O–H groups in total. The normalized spacial score (nSPS) is 10.9. The van der Waals surface area contributed by atoms with Crippen LogP contribution in [0.25, 0.3) is 0 Å². The molecular weight excluding hydrogens is 204 g/mol. The highest BCUT2D eigenvalue weighted by atomic mass is 16.4. The maximum Gasteiger partial charge on any atom is 0.332 e. The van der Waals surface area contributed by atoms with Crippen molar-refractivity contribution < 1.29 is 24.6 Å². The molecule has 0 unspecified atom stereocenters. The fourth-order valence-electron chi connectivity index (χ4n) is 0.784. The molecule has 0 aliphatic carbocycles. The largest absolute Gasteiger partial charge is 0.478 e. The third-order valence-corrected chi connectivity index (χ3v) is 1.39. The van der Waals surface area contributed by atoms with E-state index in [-0.39, 0.29) is 13.1 Å². The van der Waals surface area contributed by atoms with Gasteiger partial charge in [0.2, 0.25) is 5.91 Å². The SMILES string of the molecule is NCCNC(=O)CC(=CC(=O)O)C(=O)O. The lowest BCUT2D eigenvalue weighted by Crippen LogP contribution is -2.29. The molecule has 84 valence electrons. The number of amides is 1. The highest BCUT2D eigenvalue weighted by Crippen LogP contribution is 2.01. The Morgan fingerprint density at radius 2 is 1.87 bits per heavy atom. The van der Waals surface area contributed by atoms with E-state index in [2.05, 4.69) is 5.32 Å². The van der Waals surface area contributed by atoms with Gasteiger partial charge in [0.1, 0.15) is 0 Å². The maximum absolute atomic E-state index is 11.0. The van der Waals surface area contributed by atoms with E-state index >= 15 is 0 Å². The van der Waals surface area contributed by atoms with Gasteiger partial charge in [0.25, 0.3) is 0 Å². The van der Waals surface area contributed by atoms with Gasteiger partial charge in [-0.05, 0) is 0 Å². The van der Waals surface area contributed by atoms with Crippen molar-refractivity contribution in [3.8, 4) is 0 Å². The third kappa shape index (κ3) is 6.22. The van der Waals surface area contributed by atoms with Crippen LogP contribution in [-0.4, -0.2) is 41.1 Å². The van der Waals surface area contributed by atoms with Gasteiger partial charge < -0.3 is 21.3 Å². The van der Waals surface area contributed by atoms with Crippen molar-refractivity contribution in [3.63, 3.8) is 0 Å². The fourth-order valence-corrected chi connectivity index (χ4v) is 0.784. The van der Waals surface area contributed by atoms with E-state index in [1.54, 1.807) is 0 Å². The van der Waals surface area contributed by atoms with E-state index in [0.29, 0.717) is 6.08 Å². The number of carboxylic acid groups (broad SMARTS) is 2. The molecule has 0 aromatic rings. The van der Waals surface area contributed by atoms with Crippen LogP contribution in [0.4, 0.5) is 0 Å². The maximum atomic E-state index is 11.0. The highest BCUT2D eigenvalue weighted by molar-refractivity contribution is 5.99. The number of carbonyl (C=O) groups is 3. The van der Waals surface area contributed by atoms with Gasteiger partial charge in [-0.3, -0.25) is 4.79 Å². The van der Waals surface area contributed by atoms with Crippen molar-refractivity contribution in [1.82, 2.24) is 5.32 Å². The average Bonchev–Trinajstić information content (AvgIpc) is 2.12. The Bertz CT molecular complexity index is 297. The fraction of sp³-hybridized carbons (Fsp3) is 0.375. The minimum absolute atomic E-state index is 0.221. The monoisotopic (exact) mass is 216 g/mol. The van der Waals surface area contributed by atoms with Crippen LogP contribution in [0.5, 0.6) is 0 Å². The molecule has 0 aliphatic rings. The van der Waals surface area contributed by atoms with E-state index in [9.17, 15) is 14.4 Å². The van der Waals surface area contributed by atoms with Crippen molar-refractivity contribution >= 4 is 17.8 Å². The summed E-state index contributed by atoms with van der Waals surface area (Å²) in [5, 5.41) is 19.2. The second-order valence-corrected chi connectivity index (χ2v) is 2.63. The van der Waals surface area contributed by atoms with Crippen molar-refractivity contribution in [3.05, 3.63) is 11.6 Å². The molecule has 0 heterocycles. The number of aliphatic carboxylic acids is 2. The zero-order chi connectivity index (χ0) is 11.8. The molecule has 1 amide bonds. The van der Waals surface area contributed by atoms with Crippen LogP contribution in [0.15, 0.2) is 11.6 Å². The number of hydrogen-bond acceptors (Lipinski definition) is 4. The number of carboxylic acids is 2. The topological polar surface area (TPSA) is 130 Å². The minimum Gasteiger partial charge on any atom is -0.478 e. The second kappa shape index (κ2) is 6.55. The number of nitrogens with two attached hydrogens (primary N) is 1. The third-order valence-electron chi connectivity index (χ3n) is 1.39. The molecule has 15 heavy (non-hydrogen) atoms.